The molecular formula is C47H56N8O7. The van der Waals surface area contributed by atoms with Gasteiger partial charge >= 0.3 is 12.2 Å². The molecule has 2 saturated heterocycles. The number of fused-ring (bicyclic) bond motifs is 1. The third kappa shape index (κ3) is 9.51. The number of aromatic nitrogens is 2. The molecule has 62 heavy (non-hydrogen) atoms. The highest BCUT2D eigenvalue weighted by Gasteiger charge is 2.42. The fourth-order valence-electron chi connectivity index (χ4n) is 8.80. The number of carbonyl (C=O) groups is 5. The van der Waals surface area contributed by atoms with E-state index in [0.29, 0.717) is 44.7 Å². The second-order valence-electron chi connectivity index (χ2n) is 16.7. The van der Waals surface area contributed by atoms with Crippen LogP contribution in [-0.4, -0.2) is 107 Å². The number of hydrogen-bond acceptors (Lipinski definition) is 9. The van der Waals surface area contributed by atoms with E-state index in [9.17, 15) is 24.0 Å². The summed E-state index contributed by atoms with van der Waals surface area (Å²) in [4.78, 5) is 79.7. The third-order valence-electron chi connectivity index (χ3n) is 12.2. The molecule has 3 aliphatic rings. The van der Waals surface area contributed by atoms with Crippen molar-refractivity contribution < 1.29 is 33.4 Å². The first-order chi connectivity index (χ1) is 29.9. The summed E-state index contributed by atoms with van der Waals surface area (Å²) in [5.74, 6) is -0.00791. The van der Waals surface area contributed by atoms with Gasteiger partial charge in [-0.3, -0.25) is 19.4 Å². The van der Waals surface area contributed by atoms with E-state index in [4.69, 9.17) is 19.5 Å². The number of hydrogen-bond donors (Lipinski definition) is 4. The predicted octanol–water partition coefficient (Wildman–Crippen LogP) is 6.61. The number of methoxy groups -OCH3 is 2. The molecule has 0 unspecified atom stereocenters. The number of aliphatic imine (C=N–C) groups is 1. The van der Waals surface area contributed by atoms with E-state index >= 15 is 0 Å². The molecular weight excluding hydrogens is 789 g/mol. The maximum atomic E-state index is 14.0. The van der Waals surface area contributed by atoms with Crippen molar-refractivity contribution in [2.24, 2.45) is 16.8 Å². The lowest BCUT2D eigenvalue weighted by Gasteiger charge is -2.30. The number of aromatic amines is 1. The third-order valence-corrected chi connectivity index (χ3v) is 12.2. The zero-order valence-electron chi connectivity index (χ0n) is 36.2. The number of carbonyl (C=O) groups excluding carboxylic acids is 5. The van der Waals surface area contributed by atoms with Gasteiger partial charge in [0.15, 0.2) is 0 Å². The summed E-state index contributed by atoms with van der Waals surface area (Å²) in [5, 5.41) is 10.5. The topological polar surface area (TPSA) is 187 Å². The SMILES string of the molecule is CC[C@H](NC(=O)OC)C(=O)N1CCC[C@H]1C1=NC=C(c2ccc3cc(-c4ccc(-c5cnc([C@@H]6C[C@H](CNC(C)=O)CN6C(=O)[C@@H](NC(=O)OC)C(C)C)[nH]5)cc4)ccc3c2)C1. The maximum Gasteiger partial charge on any atom is 0.407 e. The largest absolute Gasteiger partial charge is 0.453 e. The molecule has 3 aromatic carbocycles. The number of nitrogens with zero attached hydrogens (tertiary/aromatic N) is 4. The lowest BCUT2D eigenvalue weighted by atomic mass is 9.95. The van der Waals surface area contributed by atoms with Crippen LogP contribution in [0.5, 0.6) is 0 Å². The van der Waals surface area contributed by atoms with Crippen molar-refractivity contribution in [2.45, 2.75) is 84.0 Å². The highest BCUT2D eigenvalue weighted by molar-refractivity contribution is 6.04. The Kier molecular flexibility index (Phi) is 13.4. The van der Waals surface area contributed by atoms with Crippen molar-refractivity contribution in [3.63, 3.8) is 0 Å². The first-order valence-electron chi connectivity index (χ1n) is 21.4. The first-order valence-corrected chi connectivity index (χ1v) is 21.4. The van der Waals surface area contributed by atoms with Crippen LogP contribution in [0.2, 0.25) is 0 Å². The number of imidazole rings is 1. The first kappa shape index (κ1) is 43.6. The van der Waals surface area contributed by atoms with Gasteiger partial charge in [-0.1, -0.05) is 69.3 Å². The Morgan fingerprint density at radius 2 is 1.50 bits per heavy atom. The van der Waals surface area contributed by atoms with E-state index in [1.165, 1.54) is 21.1 Å². The molecule has 4 aromatic rings. The molecule has 1 aromatic heterocycles. The summed E-state index contributed by atoms with van der Waals surface area (Å²) in [6, 6.07) is 19.2. The molecule has 5 amide bonds. The van der Waals surface area contributed by atoms with Crippen LogP contribution < -0.4 is 16.0 Å². The molecule has 3 aliphatic heterocycles. The molecule has 0 bridgehead atoms. The minimum atomic E-state index is -0.788. The summed E-state index contributed by atoms with van der Waals surface area (Å²) in [7, 11) is 2.56. The average molecular weight is 845 g/mol. The van der Waals surface area contributed by atoms with Crippen molar-refractivity contribution in [1.82, 2.24) is 35.7 Å². The van der Waals surface area contributed by atoms with Crippen molar-refractivity contribution in [3.8, 4) is 22.4 Å². The molecule has 2 fully saturated rings. The summed E-state index contributed by atoms with van der Waals surface area (Å²) in [5.41, 5.74) is 7.06. The lowest BCUT2D eigenvalue weighted by Crippen LogP contribution is -2.51. The van der Waals surface area contributed by atoms with Gasteiger partial charge in [0.2, 0.25) is 17.7 Å². The number of rotatable bonds is 13. The highest BCUT2D eigenvalue weighted by Crippen LogP contribution is 2.37. The summed E-state index contributed by atoms with van der Waals surface area (Å²) < 4.78 is 9.53. The average Bonchev–Trinajstić information content (AvgIpc) is 4.12. The fourth-order valence-corrected chi connectivity index (χ4v) is 8.80. The van der Waals surface area contributed by atoms with Crippen LogP contribution in [0.3, 0.4) is 0 Å². The Morgan fingerprint density at radius 1 is 0.839 bits per heavy atom. The van der Waals surface area contributed by atoms with Crippen molar-refractivity contribution >= 4 is 52.0 Å². The molecule has 5 atom stereocenters. The molecule has 0 radical (unpaired) electrons. The number of allylic oxidation sites excluding steroid dienone is 1. The number of amides is 5. The second kappa shape index (κ2) is 19.0. The fraction of sp³-hybridized carbons (Fsp3) is 0.426. The minimum Gasteiger partial charge on any atom is -0.453 e. The van der Waals surface area contributed by atoms with Gasteiger partial charge in [0, 0.05) is 44.9 Å². The van der Waals surface area contributed by atoms with Crippen LogP contribution in [0, 0.1) is 11.8 Å². The molecule has 4 heterocycles. The van der Waals surface area contributed by atoms with E-state index in [1.807, 2.05) is 44.0 Å². The number of ether oxygens (including phenoxy) is 2. The number of benzene rings is 3. The van der Waals surface area contributed by atoms with Gasteiger partial charge in [-0.15, -0.1) is 0 Å². The van der Waals surface area contributed by atoms with Crippen LogP contribution >= 0.6 is 0 Å². The molecule has 15 nitrogen and oxygen atoms in total. The normalized spacial score (nSPS) is 19.5. The van der Waals surface area contributed by atoms with Gasteiger partial charge in [-0.2, -0.15) is 0 Å². The Hall–Kier alpha value is -6.51. The molecule has 326 valence electrons. The van der Waals surface area contributed by atoms with Gasteiger partial charge in [-0.05, 0) is 88.3 Å². The number of H-pyrrole nitrogens is 1. The van der Waals surface area contributed by atoms with Gasteiger partial charge in [0.05, 0.1) is 38.2 Å². The molecule has 0 saturated carbocycles. The maximum absolute atomic E-state index is 14.0. The van der Waals surface area contributed by atoms with Crippen molar-refractivity contribution in [2.75, 3.05) is 33.9 Å². The predicted molar refractivity (Wildman–Crippen MR) is 237 cm³/mol. The second-order valence-corrected chi connectivity index (χ2v) is 16.7. The Bertz CT molecular complexity index is 2390. The van der Waals surface area contributed by atoms with E-state index < -0.39 is 24.3 Å². The van der Waals surface area contributed by atoms with E-state index in [2.05, 4.69) is 69.5 Å². The molecule has 0 aliphatic carbocycles. The zero-order valence-corrected chi connectivity index (χ0v) is 36.2. The van der Waals surface area contributed by atoms with Crippen LogP contribution in [0.15, 0.2) is 78.1 Å². The van der Waals surface area contributed by atoms with Gasteiger partial charge in [0.1, 0.15) is 17.9 Å². The Labute approximate surface area is 361 Å². The van der Waals surface area contributed by atoms with Crippen molar-refractivity contribution in [3.05, 3.63) is 84.4 Å². The summed E-state index contributed by atoms with van der Waals surface area (Å²) in [6.45, 7) is 8.55. The number of nitrogens with one attached hydrogen (secondary N) is 4. The van der Waals surface area contributed by atoms with E-state index in [-0.39, 0.29) is 41.6 Å². The van der Waals surface area contributed by atoms with Crippen LogP contribution in [0.25, 0.3) is 38.7 Å². The summed E-state index contributed by atoms with van der Waals surface area (Å²) in [6.07, 6.45) is 5.86. The van der Waals surface area contributed by atoms with E-state index in [0.717, 1.165) is 62.8 Å². The molecule has 4 N–H and O–H groups in total. The Balaban J connectivity index is 1.02. The van der Waals surface area contributed by atoms with Gasteiger partial charge in [0.25, 0.3) is 0 Å². The quantitative estimate of drug-likeness (QED) is 0.116. The number of likely N-dealkylation sites (tertiary alicyclic amines) is 2. The van der Waals surface area contributed by atoms with E-state index in [1.54, 1.807) is 11.1 Å². The highest BCUT2D eigenvalue weighted by atomic mass is 16.5. The van der Waals surface area contributed by atoms with Crippen molar-refractivity contribution in [1.29, 1.82) is 0 Å². The smallest absolute Gasteiger partial charge is 0.407 e. The summed E-state index contributed by atoms with van der Waals surface area (Å²) >= 11 is 0. The molecule has 7 rings (SSSR count). The zero-order chi connectivity index (χ0) is 44.1. The van der Waals surface area contributed by atoms with Crippen LogP contribution in [-0.2, 0) is 23.9 Å². The van der Waals surface area contributed by atoms with Gasteiger partial charge in [-0.25, -0.2) is 14.6 Å². The molecule has 15 heteroatoms. The Morgan fingerprint density at radius 3 is 2.18 bits per heavy atom. The lowest BCUT2D eigenvalue weighted by molar-refractivity contribution is -0.135. The number of alkyl carbamates (subject to hydrolysis) is 2. The van der Waals surface area contributed by atoms with Gasteiger partial charge < -0.3 is 40.2 Å². The standard InChI is InChI=1S/C47H56N8O7/c1-7-37(52-46(59)61-5)44(57)54-18-8-9-40(54)38-22-36(24-49-38)35-17-16-33-20-32(14-15-34(33)21-35)30-10-12-31(13-11-30)39-25-50-43(51-39)41-19-29(23-48-28(4)56)26-55(41)45(58)42(27(2)3)53-47(60)62-6/h10-17,20-21,24-25,27,29,37,40-42H,7-9,18-19,22-23,26H2,1-6H3,(H,48,56)(H,50,51)(H,52,59)(H,53,60)/t29-,37+,40+,41+,42+/m1/s1. The van der Waals surface area contributed by atoms with Crippen LogP contribution in [0.4, 0.5) is 9.59 Å². The monoisotopic (exact) mass is 844 g/mol. The molecule has 0 spiro atoms. The van der Waals surface area contributed by atoms with Crippen LogP contribution in [0.1, 0.15) is 77.2 Å². The minimum absolute atomic E-state index is 0.00662.